The number of aliphatic hydroxyl groups excluding tert-OH is 1. The van der Waals surface area contributed by atoms with Crippen LogP contribution < -0.4 is 21.3 Å². The van der Waals surface area contributed by atoms with Crippen LogP contribution in [0.5, 0.6) is 0 Å². The minimum Gasteiger partial charge on any atom is -0.463 e. The Morgan fingerprint density at radius 2 is 1.10 bits per heavy atom. The summed E-state index contributed by atoms with van der Waals surface area (Å²) in [7, 11) is -9.43. The molecule has 0 heterocycles. The Morgan fingerprint density at radius 1 is 0.639 bits per heavy atom. The van der Waals surface area contributed by atoms with Gasteiger partial charge in [0.2, 0.25) is 23.6 Å². The number of phosphoric ester groups is 2. The molecule has 4 unspecified atom stereocenters. The smallest absolute Gasteiger partial charge is 0.463 e. The van der Waals surface area contributed by atoms with Gasteiger partial charge in [0.15, 0.2) is 0 Å². The quantitative estimate of drug-likeness (QED) is 0.0148. The van der Waals surface area contributed by atoms with Crippen LogP contribution in [0.3, 0.4) is 0 Å². The topological polar surface area (TPSA) is 327 Å². The molecule has 352 valence electrons. The summed E-state index contributed by atoms with van der Waals surface area (Å²) in [6.45, 7) is 4.61. The van der Waals surface area contributed by atoms with Gasteiger partial charge < -0.3 is 50.4 Å². The molecule has 4 amide bonds. The second kappa shape index (κ2) is 33.1. The van der Waals surface area contributed by atoms with Crippen molar-refractivity contribution in [1.29, 1.82) is 0 Å². The molecule has 6 atom stereocenters. The van der Waals surface area contributed by atoms with Gasteiger partial charge in [0, 0.05) is 32.5 Å². The van der Waals surface area contributed by atoms with Crippen molar-refractivity contribution in [3.8, 4) is 0 Å². The molecule has 0 spiro atoms. The molecule has 7 N–H and O–H groups in total. The van der Waals surface area contributed by atoms with Crippen LogP contribution in [0.1, 0.15) is 86.0 Å². The van der Waals surface area contributed by atoms with Gasteiger partial charge in [-0.3, -0.25) is 51.7 Å². The molecule has 0 aromatic heterocycles. The van der Waals surface area contributed by atoms with E-state index >= 15 is 0 Å². The Labute approximate surface area is 355 Å². The molecule has 0 saturated heterocycles. The van der Waals surface area contributed by atoms with E-state index in [0.29, 0.717) is 12.8 Å². The summed E-state index contributed by atoms with van der Waals surface area (Å²) in [5.74, 6) is -4.13. The molecule has 0 aromatic rings. The highest BCUT2D eigenvalue weighted by Gasteiger charge is 2.26. The SMILES string of the molecule is C/C=C\CCCC(=O)O[C@H](C)CCOCC(COP(=O)(O)OCCNC(=O)CC(=O)NCCOP(=O)(O)OCC(COCC[C@@H](C)O)NC(=O)CC(C)=O)NC(=O)CC(C)=O. The van der Waals surface area contributed by atoms with Crippen molar-refractivity contribution in [1.82, 2.24) is 21.3 Å². The van der Waals surface area contributed by atoms with Crippen molar-refractivity contribution in [3.05, 3.63) is 12.2 Å². The summed E-state index contributed by atoms with van der Waals surface area (Å²) >= 11 is 0. The van der Waals surface area contributed by atoms with Gasteiger partial charge in [-0.05, 0) is 53.9 Å². The van der Waals surface area contributed by atoms with Crippen LogP contribution in [-0.2, 0) is 75.0 Å². The van der Waals surface area contributed by atoms with E-state index in [2.05, 4.69) is 21.3 Å². The lowest BCUT2D eigenvalue weighted by Crippen LogP contribution is -2.42. The summed E-state index contributed by atoms with van der Waals surface area (Å²) in [4.78, 5) is 103. The van der Waals surface area contributed by atoms with Crippen LogP contribution in [0.15, 0.2) is 12.2 Å². The lowest BCUT2D eigenvalue weighted by atomic mass is 10.2. The van der Waals surface area contributed by atoms with Gasteiger partial charge in [-0.2, -0.15) is 0 Å². The fourth-order valence-corrected chi connectivity index (χ4v) is 6.05. The van der Waals surface area contributed by atoms with E-state index in [1.165, 1.54) is 13.8 Å². The monoisotopic (exact) mass is 918 g/mol. The fourth-order valence-electron chi connectivity index (χ4n) is 4.52. The summed E-state index contributed by atoms with van der Waals surface area (Å²) < 4.78 is 60.5. The molecule has 0 aliphatic rings. The van der Waals surface area contributed by atoms with Crippen molar-refractivity contribution in [2.45, 2.75) is 110 Å². The van der Waals surface area contributed by atoms with Crippen LogP contribution in [0.2, 0.25) is 0 Å². The maximum absolute atomic E-state index is 12.5. The molecular weight excluding hydrogens is 854 g/mol. The van der Waals surface area contributed by atoms with Gasteiger partial charge in [0.1, 0.15) is 24.1 Å². The lowest BCUT2D eigenvalue weighted by molar-refractivity contribution is -0.149. The molecule has 61 heavy (non-hydrogen) atoms. The molecule has 0 aliphatic heterocycles. The van der Waals surface area contributed by atoms with E-state index in [1.807, 2.05) is 19.1 Å². The molecule has 23 nitrogen and oxygen atoms in total. The maximum atomic E-state index is 12.5. The minimum absolute atomic E-state index is 0.101. The van der Waals surface area contributed by atoms with Crippen LogP contribution in [0, 0.1) is 0 Å². The number of esters is 1. The van der Waals surface area contributed by atoms with Crippen molar-refractivity contribution < 1.29 is 89.9 Å². The Kier molecular flexibility index (Phi) is 31.3. The number of allylic oxidation sites excluding steroid dienone is 2. The third kappa shape index (κ3) is 35.8. The zero-order valence-corrected chi connectivity index (χ0v) is 37.2. The molecule has 25 heteroatoms. The number of ether oxygens (including phenoxy) is 3. The van der Waals surface area contributed by atoms with E-state index in [-0.39, 0.29) is 58.3 Å². The van der Waals surface area contributed by atoms with Gasteiger partial charge in [-0.1, -0.05) is 12.2 Å². The highest BCUT2D eigenvalue weighted by molar-refractivity contribution is 7.47. The Balaban J connectivity index is 4.64. The molecule has 0 saturated carbocycles. The third-order valence-corrected chi connectivity index (χ3v) is 9.38. The predicted octanol–water partition coefficient (Wildman–Crippen LogP) is 0.676. The number of rotatable bonds is 37. The first kappa shape index (κ1) is 57.5. The van der Waals surface area contributed by atoms with E-state index < -0.39 is 121 Å². The lowest BCUT2D eigenvalue weighted by Gasteiger charge is -2.21. The summed E-state index contributed by atoms with van der Waals surface area (Å²) in [6, 6.07) is -1.93. The minimum atomic E-state index is -4.73. The van der Waals surface area contributed by atoms with E-state index in [0.717, 1.165) is 6.42 Å². The average Bonchev–Trinajstić information content (AvgIpc) is 3.14. The molecule has 0 aromatic carbocycles. The summed E-state index contributed by atoms with van der Waals surface area (Å²) in [5.41, 5.74) is 0. The van der Waals surface area contributed by atoms with Crippen molar-refractivity contribution in [2.75, 3.05) is 65.9 Å². The van der Waals surface area contributed by atoms with Crippen molar-refractivity contribution >= 4 is 56.8 Å². The van der Waals surface area contributed by atoms with Crippen LogP contribution >= 0.6 is 15.6 Å². The number of ketones is 2. The number of hydrogen-bond donors (Lipinski definition) is 7. The number of nitrogens with one attached hydrogen (secondary N) is 4. The van der Waals surface area contributed by atoms with Gasteiger partial charge in [0.25, 0.3) is 0 Å². The van der Waals surface area contributed by atoms with Crippen LogP contribution in [0.4, 0.5) is 0 Å². The molecule has 0 radical (unpaired) electrons. The van der Waals surface area contributed by atoms with Gasteiger partial charge in [-0.25, -0.2) is 9.13 Å². The van der Waals surface area contributed by atoms with Gasteiger partial charge in [-0.15, -0.1) is 0 Å². The van der Waals surface area contributed by atoms with Gasteiger partial charge >= 0.3 is 21.6 Å². The summed E-state index contributed by atoms with van der Waals surface area (Å²) in [6.07, 6.45) is 3.46. The molecular formula is C36H64N4O19P2. The van der Waals surface area contributed by atoms with Gasteiger partial charge in [0.05, 0.1) is 77.3 Å². The number of amides is 4. The van der Waals surface area contributed by atoms with Crippen LogP contribution in [0.25, 0.3) is 0 Å². The normalized spacial score (nSPS) is 15.3. The number of carbonyl (C=O) groups is 7. The van der Waals surface area contributed by atoms with E-state index in [4.69, 9.17) is 32.3 Å². The molecule has 0 aliphatic carbocycles. The number of phosphoric acid groups is 2. The predicted molar refractivity (Wildman–Crippen MR) is 215 cm³/mol. The van der Waals surface area contributed by atoms with E-state index in [9.17, 15) is 57.6 Å². The second-order valence-electron chi connectivity index (χ2n) is 13.7. The first-order chi connectivity index (χ1) is 28.6. The molecule has 0 fully saturated rings. The first-order valence-electron chi connectivity index (χ1n) is 19.6. The number of hydrogen-bond acceptors (Lipinski definition) is 17. The highest BCUT2D eigenvalue weighted by atomic mass is 31.2. The average molecular weight is 919 g/mol. The number of carbonyl (C=O) groups excluding carboxylic acids is 7. The maximum Gasteiger partial charge on any atom is 0.472 e. The Hall–Kier alpha value is -3.47. The number of unbranched alkanes of at least 4 members (excludes halogenated alkanes) is 1. The standard InChI is InChI=1S/C36H64N4O19P2/c1-6-7-8-9-10-36(48)59-29(5)12-16-54-23-31(40-35(47)20-28(4)43)25-58-61(51,52)56-18-14-38-33(45)21-32(44)37-13-17-55-60(49,50)57-24-30(22-53-15-11-26(2)41)39-34(46)19-27(3)42/h6-7,26,29-31,41H,8-25H2,1-5H3,(H,37,44)(H,38,45)(H,39,46)(H,40,47)(H,49,50)(H,51,52)/b7-6-/t26-,29-,30?,31?/m1/s1. The molecule has 0 bridgehead atoms. The Morgan fingerprint density at radius 3 is 1.52 bits per heavy atom. The van der Waals surface area contributed by atoms with E-state index in [1.54, 1.807) is 13.8 Å². The zero-order valence-electron chi connectivity index (χ0n) is 35.5. The van der Waals surface area contributed by atoms with Crippen LogP contribution in [-0.4, -0.2) is 146 Å². The van der Waals surface area contributed by atoms with Crippen molar-refractivity contribution in [3.63, 3.8) is 0 Å². The fraction of sp³-hybridized carbons (Fsp3) is 0.750. The third-order valence-electron chi connectivity index (χ3n) is 7.41. The number of aliphatic hydroxyl groups is 1. The zero-order chi connectivity index (χ0) is 46.3. The van der Waals surface area contributed by atoms with Crippen molar-refractivity contribution in [2.24, 2.45) is 0 Å². The number of Topliss-reactive ketones (excluding diaryl/α,β-unsaturated/α-hetero) is 2. The molecule has 0 rings (SSSR count). The second-order valence-corrected chi connectivity index (χ2v) is 16.6. The largest absolute Gasteiger partial charge is 0.472 e. The summed E-state index contributed by atoms with van der Waals surface area (Å²) in [5, 5.41) is 18.8. The highest BCUT2D eigenvalue weighted by Crippen LogP contribution is 2.43. The first-order valence-corrected chi connectivity index (χ1v) is 22.6. The Bertz CT molecular complexity index is 1500.